The Hall–Kier alpha value is -3.72. The van der Waals surface area contributed by atoms with Crippen molar-refractivity contribution in [1.82, 2.24) is 15.1 Å². The third kappa shape index (κ3) is 8.20. The van der Waals surface area contributed by atoms with E-state index in [2.05, 4.69) is 55.6 Å². The van der Waals surface area contributed by atoms with Crippen molar-refractivity contribution in [2.24, 2.45) is 11.3 Å². The lowest BCUT2D eigenvalue weighted by molar-refractivity contribution is -0.942. The third-order valence-electron chi connectivity index (χ3n) is 12.9. The van der Waals surface area contributed by atoms with E-state index in [4.69, 9.17) is 0 Å². The number of hydrogen-bond donors (Lipinski definition) is 2. The number of likely N-dealkylation sites (tertiary alicyclic amines) is 2. The van der Waals surface area contributed by atoms with Crippen molar-refractivity contribution in [3.63, 3.8) is 0 Å². The molecule has 3 amide bonds. The van der Waals surface area contributed by atoms with Gasteiger partial charge in [-0.25, -0.2) is 0 Å². The first-order chi connectivity index (χ1) is 25.1. The first-order valence-electron chi connectivity index (χ1n) is 19.7. The van der Waals surface area contributed by atoms with Gasteiger partial charge in [0.25, 0.3) is 0 Å². The average Bonchev–Trinajstić information content (AvgIpc) is 3.83. The van der Waals surface area contributed by atoms with E-state index < -0.39 is 23.6 Å². The van der Waals surface area contributed by atoms with Gasteiger partial charge >= 0.3 is 0 Å². The van der Waals surface area contributed by atoms with Crippen LogP contribution in [0.5, 0.6) is 0 Å². The number of amides is 3. The van der Waals surface area contributed by atoms with Crippen LogP contribution in [0.1, 0.15) is 81.9 Å². The number of piperidine rings is 2. The first-order valence-corrected chi connectivity index (χ1v) is 19.7. The molecule has 7 rings (SSSR count). The molecule has 284 valence electrons. The summed E-state index contributed by atoms with van der Waals surface area (Å²) in [4.78, 5) is 46.1. The molecular weight excluding hydrogens is 684 g/mol. The van der Waals surface area contributed by atoms with E-state index in [1.807, 2.05) is 54.6 Å². The van der Waals surface area contributed by atoms with Gasteiger partial charge in [-0.2, -0.15) is 0 Å². The molecule has 2 N–H and O–H groups in total. The van der Waals surface area contributed by atoms with Crippen molar-refractivity contribution >= 4 is 17.7 Å². The van der Waals surface area contributed by atoms with Gasteiger partial charge in [-0.3, -0.25) is 14.4 Å². The summed E-state index contributed by atoms with van der Waals surface area (Å²) in [6, 6.07) is 28.9. The third-order valence-corrected chi connectivity index (χ3v) is 12.9. The summed E-state index contributed by atoms with van der Waals surface area (Å²) < 4.78 is 1.19. The van der Waals surface area contributed by atoms with Crippen LogP contribution < -0.4 is 17.7 Å². The Morgan fingerprint density at radius 3 is 1.92 bits per heavy atom. The number of β-amino-alcohol motifs (C(OH)–C–C–N with tert-alkyl or cyclic N) is 1. The lowest BCUT2D eigenvalue weighted by Crippen LogP contribution is -3.00. The van der Waals surface area contributed by atoms with Crippen LogP contribution in [0.25, 0.3) is 0 Å². The molecule has 4 aliphatic heterocycles. The number of carbonyl (C=O) groups is 3. The molecule has 0 radical (unpaired) electrons. The number of rotatable bonds is 9. The Kier molecular flexibility index (Phi) is 12.0. The highest BCUT2D eigenvalue weighted by molar-refractivity contribution is 5.93. The van der Waals surface area contributed by atoms with Gasteiger partial charge in [0.2, 0.25) is 17.7 Å². The molecule has 0 bridgehead atoms. The number of quaternary nitrogens is 1. The fourth-order valence-electron chi connectivity index (χ4n) is 9.82. The summed E-state index contributed by atoms with van der Waals surface area (Å²) in [6.45, 7) is 10.8. The molecule has 4 fully saturated rings. The topological polar surface area (TPSA) is 89.9 Å². The predicted octanol–water partition coefficient (Wildman–Crippen LogP) is 2.53. The van der Waals surface area contributed by atoms with Crippen LogP contribution in [0.2, 0.25) is 0 Å². The second-order valence-corrected chi connectivity index (χ2v) is 16.9. The maximum absolute atomic E-state index is 14.7. The molecule has 53 heavy (non-hydrogen) atoms. The van der Waals surface area contributed by atoms with Crippen LogP contribution in [-0.4, -0.2) is 101 Å². The lowest BCUT2D eigenvalue weighted by atomic mass is 9.67. The fourth-order valence-corrected chi connectivity index (χ4v) is 9.82. The number of carbonyl (C=O) groups excluding carboxylic acids is 3. The maximum Gasteiger partial charge on any atom is 0.246 e. The second-order valence-electron chi connectivity index (χ2n) is 16.9. The number of aliphatic hydroxyl groups is 1. The number of halogens is 1. The summed E-state index contributed by atoms with van der Waals surface area (Å²) >= 11 is 0. The van der Waals surface area contributed by atoms with Crippen molar-refractivity contribution < 1.29 is 36.4 Å². The number of aliphatic hydroxyl groups excluding tert-OH is 1. The van der Waals surface area contributed by atoms with Gasteiger partial charge in [0.15, 0.2) is 0 Å². The monoisotopic (exact) mass is 740 g/mol. The summed E-state index contributed by atoms with van der Waals surface area (Å²) in [7, 11) is 0. The molecule has 4 atom stereocenters. The Balaban J connectivity index is 0.00000481. The number of nitrogens with zero attached hydrogens (tertiary/aromatic N) is 3. The van der Waals surface area contributed by atoms with Gasteiger partial charge in [0.05, 0.1) is 37.7 Å². The Morgan fingerprint density at radius 2 is 1.36 bits per heavy atom. The predicted molar refractivity (Wildman–Crippen MR) is 203 cm³/mol. The smallest absolute Gasteiger partial charge is 0.246 e. The zero-order valence-electron chi connectivity index (χ0n) is 31.5. The normalized spacial score (nSPS) is 25.1. The van der Waals surface area contributed by atoms with E-state index in [0.29, 0.717) is 30.8 Å². The van der Waals surface area contributed by atoms with Crippen LogP contribution >= 0.6 is 0 Å². The second kappa shape index (κ2) is 16.3. The highest BCUT2D eigenvalue weighted by Gasteiger charge is 2.48. The number of benzene rings is 3. The van der Waals surface area contributed by atoms with Crippen molar-refractivity contribution in [2.45, 2.75) is 88.8 Å². The van der Waals surface area contributed by atoms with E-state index in [0.717, 1.165) is 36.1 Å². The average molecular weight is 741 g/mol. The van der Waals surface area contributed by atoms with Gasteiger partial charge in [0.1, 0.15) is 12.1 Å². The highest BCUT2D eigenvalue weighted by atomic mass is 35.5. The summed E-state index contributed by atoms with van der Waals surface area (Å²) in [5, 5.41) is 14.2. The number of nitrogens with one attached hydrogen (secondary N) is 1. The zero-order valence-corrected chi connectivity index (χ0v) is 32.2. The summed E-state index contributed by atoms with van der Waals surface area (Å²) in [5.41, 5.74) is 2.55. The van der Waals surface area contributed by atoms with E-state index in [9.17, 15) is 19.5 Å². The maximum atomic E-state index is 14.7. The molecule has 0 aliphatic carbocycles. The van der Waals surface area contributed by atoms with Crippen LogP contribution in [-0.2, 0) is 19.8 Å². The van der Waals surface area contributed by atoms with Crippen molar-refractivity contribution in [3.8, 4) is 0 Å². The van der Waals surface area contributed by atoms with Gasteiger partial charge < -0.3 is 37.1 Å². The molecule has 4 heterocycles. The summed E-state index contributed by atoms with van der Waals surface area (Å²) in [5.74, 6) is -0.0652. The number of hydrogen-bond acceptors (Lipinski definition) is 4. The SMILES string of the molecule is CC1(C)CC[N+]2(CCC[C@H](CNC(=O)[C@H]3CCCN3C(=O)[C@@H]3C[C@@H](O)CN3C(=O)CC(c3ccccc3)(c3ccccc3)c3ccccc3)C2)CC1.[Cl-]. The van der Waals surface area contributed by atoms with Crippen molar-refractivity contribution in [1.29, 1.82) is 0 Å². The highest BCUT2D eigenvalue weighted by Crippen LogP contribution is 2.43. The van der Waals surface area contributed by atoms with E-state index in [1.54, 1.807) is 9.80 Å². The molecule has 0 aromatic heterocycles. The van der Waals surface area contributed by atoms with Gasteiger partial charge in [-0.05, 0) is 47.8 Å². The summed E-state index contributed by atoms with van der Waals surface area (Å²) in [6.07, 6.45) is 5.64. The first kappa shape index (κ1) is 39.0. The van der Waals surface area contributed by atoms with E-state index >= 15 is 0 Å². The molecule has 3 aromatic rings. The quantitative estimate of drug-likeness (QED) is 0.261. The Labute approximate surface area is 321 Å². The zero-order chi connectivity index (χ0) is 36.3. The molecule has 3 aromatic carbocycles. The molecule has 1 spiro atoms. The molecular formula is C44H57ClN4O4. The van der Waals surface area contributed by atoms with Gasteiger partial charge in [0, 0.05) is 51.2 Å². The Bertz CT molecular complexity index is 1600. The fraction of sp³-hybridized carbons (Fsp3) is 0.523. The minimum Gasteiger partial charge on any atom is -1.00 e. The molecule has 0 saturated carbocycles. The van der Waals surface area contributed by atoms with E-state index in [1.165, 1.54) is 43.4 Å². The van der Waals surface area contributed by atoms with Gasteiger partial charge in [-0.1, -0.05) is 105 Å². The van der Waals surface area contributed by atoms with E-state index in [-0.39, 0.29) is 49.5 Å². The van der Waals surface area contributed by atoms with Gasteiger partial charge in [-0.15, -0.1) is 0 Å². The van der Waals surface area contributed by atoms with Crippen LogP contribution in [0.15, 0.2) is 91.0 Å². The van der Waals surface area contributed by atoms with Crippen LogP contribution in [0.4, 0.5) is 0 Å². The molecule has 9 heteroatoms. The lowest BCUT2D eigenvalue weighted by Gasteiger charge is -2.50. The van der Waals surface area contributed by atoms with Crippen LogP contribution in [0, 0.1) is 11.3 Å². The van der Waals surface area contributed by atoms with Crippen molar-refractivity contribution in [3.05, 3.63) is 108 Å². The molecule has 0 unspecified atom stereocenters. The molecule has 4 saturated heterocycles. The molecule has 8 nitrogen and oxygen atoms in total. The minimum absolute atomic E-state index is 0. The molecule has 4 aliphatic rings. The van der Waals surface area contributed by atoms with Crippen molar-refractivity contribution in [2.75, 3.05) is 45.8 Å². The van der Waals surface area contributed by atoms with Crippen LogP contribution in [0.3, 0.4) is 0 Å². The largest absolute Gasteiger partial charge is 1.00 e. The Morgan fingerprint density at radius 1 is 0.792 bits per heavy atom. The standard InChI is InChI=1S/C44H56N4O4.ClH/c1-43(2)22-26-48(27-23-43)25-13-14-33(32-48)30-45-41(51)38-21-12-24-46(38)42(52)39-28-37(49)31-47(39)40(50)29-44(34-15-6-3-7-16-34,35-17-8-4-9-18-35)36-19-10-5-11-20-36;/h3-11,15-20,33,37-39,49H,12-14,21-32H2,1-2H3;1H/t33-,37-,38-,39+;/m1./s1. The minimum atomic E-state index is -0.818.